The van der Waals surface area contributed by atoms with Crippen LogP contribution in [0.25, 0.3) is 0 Å². The highest BCUT2D eigenvalue weighted by atomic mass is 16.2. The lowest BCUT2D eigenvalue weighted by Gasteiger charge is -2.29. The first-order valence-electron chi connectivity index (χ1n) is 10.3. The van der Waals surface area contributed by atoms with Gasteiger partial charge in [0, 0.05) is 37.2 Å². The Hall–Kier alpha value is -3.03. The lowest BCUT2D eigenvalue weighted by Crippen LogP contribution is -2.52. The van der Waals surface area contributed by atoms with E-state index in [0.717, 1.165) is 17.5 Å². The lowest BCUT2D eigenvalue weighted by molar-refractivity contribution is -0.136. The number of rotatable bonds is 4. The van der Waals surface area contributed by atoms with Crippen LogP contribution in [-0.2, 0) is 29.1 Å². The number of amides is 3. The highest BCUT2D eigenvalue weighted by Crippen LogP contribution is 2.30. The van der Waals surface area contributed by atoms with Crippen LogP contribution in [0.15, 0.2) is 42.5 Å². The quantitative estimate of drug-likeness (QED) is 0.664. The largest absolute Gasteiger partial charge is 0.323 e. The molecule has 3 atom stereocenters. The van der Waals surface area contributed by atoms with Gasteiger partial charge >= 0.3 is 0 Å². The van der Waals surface area contributed by atoms with Gasteiger partial charge in [-0.05, 0) is 41.2 Å². The number of nitrogens with one attached hydrogen (secondary N) is 2. The first-order chi connectivity index (χ1) is 14.5. The minimum Gasteiger partial charge on any atom is -0.323 e. The Balaban J connectivity index is 1.26. The molecule has 154 valence electrons. The summed E-state index contributed by atoms with van der Waals surface area (Å²) in [5, 5.41) is 5.89. The molecule has 0 bridgehead atoms. The topological polar surface area (TPSA) is 105 Å². The summed E-state index contributed by atoms with van der Waals surface area (Å²) in [6.07, 6.45) is 1.54. The molecule has 4 N–H and O–H groups in total. The Morgan fingerprint density at radius 2 is 1.93 bits per heavy atom. The fourth-order valence-corrected chi connectivity index (χ4v) is 4.81. The molecule has 3 aliphatic rings. The number of fused-ring (bicyclic) bond motifs is 2. The number of imide groups is 1. The van der Waals surface area contributed by atoms with E-state index < -0.39 is 6.04 Å². The molecule has 5 rings (SSSR count). The van der Waals surface area contributed by atoms with E-state index >= 15 is 0 Å². The van der Waals surface area contributed by atoms with Gasteiger partial charge in [-0.2, -0.15) is 0 Å². The minimum atomic E-state index is -0.584. The van der Waals surface area contributed by atoms with Gasteiger partial charge in [0.2, 0.25) is 11.8 Å². The van der Waals surface area contributed by atoms with Crippen LogP contribution < -0.4 is 16.4 Å². The number of benzene rings is 2. The molecule has 7 nitrogen and oxygen atoms in total. The van der Waals surface area contributed by atoms with Crippen molar-refractivity contribution in [3.8, 4) is 0 Å². The smallest absolute Gasteiger partial charge is 0.255 e. The molecule has 7 heteroatoms. The molecule has 2 aromatic rings. The van der Waals surface area contributed by atoms with Crippen LogP contribution in [0.5, 0.6) is 0 Å². The predicted molar refractivity (Wildman–Crippen MR) is 110 cm³/mol. The van der Waals surface area contributed by atoms with Crippen molar-refractivity contribution in [3.05, 3.63) is 70.3 Å². The average Bonchev–Trinajstić information content (AvgIpc) is 3.23. The molecule has 2 aliphatic heterocycles. The third kappa shape index (κ3) is 3.20. The number of carbonyl (C=O) groups excluding carboxylic acids is 3. The maximum Gasteiger partial charge on any atom is 0.255 e. The Labute approximate surface area is 174 Å². The van der Waals surface area contributed by atoms with Crippen LogP contribution in [0.1, 0.15) is 51.5 Å². The molecule has 0 aromatic heterocycles. The van der Waals surface area contributed by atoms with Crippen LogP contribution in [0.2, 0.25) is 0 Å². The molecule has 3 amide bonds. The zero-order chi connectivity index (χ0) is 20.8. The van der Waals surface area contributed by atoms with Crippen molar-refractivity contribution in [3.63, 3.8) is 0 Å². The van der Waals surface area contributed by atoms with Gasteiger partial charge in [0.15, 0.2) is 0 Å². The summed E-state index contributed by atoms with van der Waals surface area (Å²) in [4.78, 5) is 38.0. The van der Waals surface area contributed by atoms with E-state index in [2.05, 4.69) is 22.8 Å². The highest BCUT2D eigenvalue weighted by molar-refractivity contribution is 6.05. The van der Waals surface area contributed by atoms with Gasteiger partial charge < -0.3 is 16.0 Å². The normalized spacial score (nSPS) is 25.3. The average molecular weight is 404 g/mol. The Morgan fingerprint density at radius 3 is 2.73 bits per heavy atom. The van der Waals surface area contributed by atoms with Crippen LogP contribution in [0, 0.1) is 0 Å². The highest BCUT2D eigenvalue weighted by Gasteiger charge is 2.39. The second-order valence-corrected chi connectivity index (χ2v) is 8.31. The molecular weight excluding hydrogens is 380 g/mol. The SMILES string of the molecule is N[C@@H]1c2ccccc2C[C@H]1NCc1ccc2c(c1)CN(C1CCC(=O)NC1=O)C2=O. The minimum absolute atomic E-state index is 0.0276. The van der Waals surface area contributed by atoms with E-state index in [-0.39, 0.29) is 36.2 Å². The van der Waals surface area contributed by atoms with Crippen molar-refractivity contribution in [2.45, 2.75) is 50.5 Å². The molecule has 0 radical (unpaired) electrons. The molecule has 1 fully saturated rings. The molecule has 1 aliphatic carbocycles. The number of nitrogens with two attached hydrogens (primary N) is 1. The molecule has 2 aromatic carbocycles. The maximum absolute atomic E-state index is 12.8. The fourth-order valence-electron chi connectivity index (χ4n) is 4.81. The summed E-state index contributed by atoms with van der Waals surface area (Å²) in [6.45, 7) is 1.05. The number of carbonyl (C=O) groups is 3. The summed E-state index contributed by atoms with van der Waals surface area (Å²) < 4.78 is 0. The second kappa shape index (κ2) is 7.34. The van der Waals surface area contributed by atoms with Crippen LogP contribution in [0.4, 0.5) is 0 Å². The summed E-state index contributed by atoms with van der Waals surface area (Å²) in [6, 6.07) is 13.7. The van der Waals surface area contributed by atoms with Gasteiger partial charge in [0.05, 0.1) is 0 Å². The summed E-state index contributed by atoms with van der Waals surface area (Å²) in [5.41, 5.74) is 11.5. The van der Waals surface area contributed by atoms with E-state index in [1.54, 1.807) is 4.90 Å². The summed E-state index contributed by atoms with van der Waals surface area (Å²) >= 11 is 0. The molecule has 1 unspecified atom stereocenters. The van der Waals surface area contributed by atoms with Gasteiger partial charge in [0.1, 0.15) is 6.04 Å². The van der Waals surface area contributed by atoms with E-state index in [1.807, 2.05) is 30.3 Å². The van der Waals surface area contributed by atoms with Crippen molar-refractivity contribution in [1.29, 1.82) is 0 Å². The van der Waals surface area contributed by atoms with Crippen molar-refractivity contribution in [2.24, 2.45) is 5.73 Å². The van der Waals surface area contributed by atoms with E-state index in [0.29, 0.717) is 25.1 Å². The van der Waals surface area contributed by atoms with E-state index in [4.69, 9.17) is 5.73 Å². The van der Waals surface area contributed by atoms with Crippen LogP contribution in [-0.4, -0.2) is 34.7 Å². The third-order valence-corrected chi connectivity index (χ3v) is 6.44. The first kappa shape index (κ1) is 19.0. The number of hydrogen-bond donors (Lipinski definition) is 3. The molecule has 2 heterocycles. The third-order valence-electron chi connectivity index (χ3n) is 6.44. The number of hydrogen-bond acceptors (Lipinski definition) is 5. The second-order valence-electron chi connectivity index (χ2n) is 8.31. The lowest BCUT2D eigenvalue weighted by atomic mass is 10.0. The Bertz CT molecular complexity index is 1050. The van der Waals surface area contributed by atoms with Gasteiger partial charge in [-0.15, -0.1) is 0 Å². The standard InChI is InChI=1S/C23H24N4O3/c24-21-16-4-2-1-3-14(16)10-18(21)25-11-13-5-6-17-15(9-13)12-27(23(17)30)19-7-8-20(28)26-22(19)29/h1-6,9,18-19,21,25H,7-8,10-12,24H2,(H,26,28,29)/t18-,19?,21-/m1/s1. The van der Waals surface area contributed by atoms with Crippen molar-refractivity contribution in [2.75, 3.05) is 0 Å². The maximum atomic E-state index is 12.8. The Kier molecular flexibility index (Phi) is 4.64. The summed E-state index contributed by atoms with van der Waals surface area (Å²) in [5.74, 6) is -0.808. The van der Waals surface area contributed by atoms with Crippen molar-refractivity contribution >= 4 is 17.7 Å². The van der Waals surface area contributed by atoms with Crippen molar-refractivity contribution < 1.29 is 14.4 Å². The number of piperidine rings is 1. The molecule has 30 heavy (non-hydrogen) atoms. The zero-order valence-corrected chi connectivity index (χ0v) is 16.6. The van der Waals surface area contributed by atoms with Crippen molar-refractivity contribution in [1.82, 2.24) is 15.5 Å². The predicted octanol–water partition coefficient (Wildman–Crippen LogP) is 1.16. The Morgan fingerprint density at radius 1 is 1.10 bits per heavy atom. The molecule has 1 saturated heterocycles. The number of nitrogens with zero attached hydrogens (tertiary/aromatic N) is 1. The van der Waals surface area contributed by atoms with Gasteiger partial charge in [-0.3, -0.25) is 19.7 Å². The van der Waals surface area contributed by atoms with E-state index in [1.165, 1.54) is 11.1 Å². The molecular formula is C23H24N4O3. The molecule has 0 saturated carbocycles. The van der Waals surface area contributed by atoms with Gasteiger partial charge in [-0.25, -0.2) is 0 Å². The summed E-state index contributed by atoms with van der Waals surface area (Å²) in [7, 11) is 0. The van der Waals surface area contributed by atoms with Gasteiger partial charge in [0.25, 0.3) is 5.91 Å². The zero-order valence-electron chi connectivity index (χ0n) is 16.6. The first-order valence-corrected chi connectivity index (χ1v) is 10.3. The van der Waals surface area contributed by atoms with Gasteiger partial charge in [-0.1, -0.05) is 36.4 Å². The van der Waals surface area contributed by atoms with Crippen LogP contribution in [0.3, 0.4) is 0 Å². The fraction of sp³-hybridized carbons (Fsp3) is 0.348. The molecule has 0 spiro atoms. The monoisotopic (exact) mass is 404 g/mol. The van der Waals surface area contributed by atoms with E-state index in [9.17, 15) is 14.4 Å². The van der Waals surface area contributed by atoms with Crippen LogP contribution >= 0.6 is 0 Å².